The van der Waals surface area contributed by atoms with Crippen LogP contribution in [-0.4, -0.2) is 35.7 Å². The van der Waals surface area contributed by atoms with Gasteiger partial charge in [0.1, 0.15) is 0 Å². The van der Waals surface area contributed by atoms with Crippen molar-refractivity contribution < 1.29 is 5.11 Å². The predicted molar refractivity (Wildman–Crippen MR) is 72.0 cm³/mol. The fraction of sp³-hybridized carbons (Fsp3) is 1.00. The van der Waals surface area contributed by atoms with Gasteiger partial charge < -0.3 is 5.11 Å². The molecule has 2 heteroatoms. The number of aliphatic hydroxyl groups excluding tert-OH is 1. The first-order chi connectivity index (χ1) is 8.13. The van der Waals surface area contributed by atoms with E-state index in [1.807, 2.05) is 0 Å². The van der Waals surface area contributed by atoms with Gasteiger partial charge in [-0.15, -0.1) is 0 Å². The third-order valence-electron chi connectivity index (χ3n) is 5.04. The lowest BCUT2D eigenvalue weighted by Gasteiger charge is -2.46. The van der Waals surface area contributed by atoms with E-state index >= 15 is 0 Å². The summed E-state index contributed by atoms with van der Waals surface area (Å²) in [6.45, 7) is 7.42. The van der Waals surface area contributed by atoms with Gasteiger partial charge in [-0.3, -0.25) is 4.90 Å². The van der Waals surface area contributed by atoms with Crippen LogP contribution < -0.4 is 0 Å². The minimum absolute atomic E-state index is 0.291. The molecule has 0 spiro atoms. The van der Waals surface area contributed by atoms with Crippen LogP contribution in [0.5, 0.6) is 0 Å². The third kappa shape index (κ3) is 3.23. The Morgan fingerprint density at radius 1 is 1.06 bits per heavy atom. The molecule has 2 nitrogen and oxygen atoms in total. The van der Waals surface area contributed by atoms with Gasteiger partial charge in [0.25, 0.3) is 0 Å². The average Bonchev–Trinajstić information content (AvgIpc) is 2.56. The number of nitrogens with zero attached hydrogens (tertiary/aromatic N) is 1. The van der Waals surface area contributed by atoms with Crippen molar-refractivity contribution in [2.45, 2.75) is 64.8 Å². The van der Waals surface area contributed by atoms with Gasteiger partial charge in [-0.2, -0.15) is 0 Å². The highest BCUT2D eigenvalue weighted by molar-refractivity contribution is 4.89. The first kappa shape index (κ1) is 13.4. The lowest BCUT2D eigenvalue weighted by atomic mass is 9.74. The van der Waals surface area contributed by atoms with Crippen LogP contribution in [0.2, 0.25) is 0 Å². The van der Waals surface area contributed by atoms with Crippen molar-refractivity contribution in [1.82, 2.24) is 4.90 Å². The SMILES string of the molecule is CC1(C)CN(C2CCCCCC2)CCC1CO. The molecule has 1 aliphatic heterocycles. The minimum Gasteiger partial charge on any atom is -0.396 e. The molecule has 1 atom stereocenters. The molecule has 100 valence electrons. The topological polar surface area (TPSA) is 23.5 Å². The maximum Gasteiger partial charge on any atom is 0.0465 e. The van der Waals surface area contributed by atoms with Crippen LogP contribution >= 0.6 is 0 Å². The van der Waals surface area contributed by atoms with Crippen molar-refractivity contribution >= 4 is 0 Å². The molecule has 1 saturated heterocycles. The smallest absolute Gasteiger partial charge is 0.0465 e. The molecule has 1 saturated carbocycles. The highest BCUT2D eigenvalue weighted by Gasteiger charge is 2.37. The molecule has 0 bridgehead atoms. The molecule has 0 aromatic carbocycles. The molecule has 1 aliphatic carbocycles. The number of rotatable bonds is 2. The van der Waals surface area contributed by atoms with Gasteiger partial charge in [0.15, 0.2) is 0 Å². The highest BCUT2D eigenvalue weighted by atomic mass is 16.3. The van der Waals surface area contributed by atoms with Gasteiger partial charge >= 0.3 is 0 Å². The number of hydrogen-bond donors (Lipinski definition) is 1. The summed E-state index contributed by atoms with van der Waals surface area (Å²) in [5.41, 5.74) is 0.291. The second-order valence-corrected chi connectivity index (χ2v) is 6.77. The Morgan fingerprint density at radius 2 is 1.71 bits per heavy atom. The lowest BCUT2D eigenvalue weighted by molar-refractivity contribution is -0.00139. The second-order valence-electron chi connectivity index (χ2n) is 6.77. The Hall–Kier alpha value is -0.0800. The van der Waals surface area contributed by atoms with Crippen LogP contribution in [0.1, 0.15) is 58.8 Å². The van der Waals surface area contributed by atoms with Crippen molar-refractivity contribution in [1.29, 1.82) is 0 Å². The zero-order valence-electron chi connectivity index (χ0n) is 11.6. The molecular weight excluding hydrogens is 210 g/mol. The Kier molecular flexibility index (Phi) is 4.48. The maximum atomic E-state index is 9.45. The van der Waals surface area contributed by atoms with E-state index in [-0.39, 0.29) is 0 Å². The summed E-state index contributed by atoms with van der Waals surface area (Å²) in [7, 11) is 0. The van der Waals surface area contributed by atoms with E-state index in [0.717, 1.165) is 6.04 Å². The molecular formula is C15H29NO. The first-order valence-corrected chi connectivity index (χ1v) is 7.48. The zero-order chi connectivity index (χ0) is 12.3. The standard InChI is InChI=1S/C15H29NO/c1-15(2)12-16(10-9-13(15)11-17)14-7-5-3-4-6-8-14/h13-14,17H,3-12H2,1-2H3. The Labute approximate surface area is 106 Å². The third-order valence-corrected chi connectivity index (χ3v) is 5.04. The zero-order valence-corrected chi connectivity index (χ0v) is 11.6. The minimum atomic E-state index is 0.291. The molecule has 0 amide bonds. The van der Waals surface area contributed by atoms with Crippen molar-refractivity contribution in [2.75, 3.05) is 19.7 Å². The van der Waals surface area contributed by atoms with Crippen molar-refractivity contribution in [3.63, 3.8) is 0 Å². The Morgan fingerprint density at radius 3 is 2.24 bits per heavy atom. The lowest BCUT2D eigenvalue weighted by Crippen LogP contribution is -2.50. The number of piperidine rings is 1. The number of hydrogen-bond acceptors (Lipinski definition) is 2. The average molecular weight is 239 g/mol. The largest absolute Gasteiger partial charge is 0.396 e. The molecule has 1 heterocycles. The van der Waals surface area contributed by atoms with E-state index in [0.29, 0.717) is 17.9 Å². The van der Waals surface area contributed by atoms with E-state index < -0.39 is 0 Å². The summed E-state index contributed by atoms with van der Waals surface area (Å²) in [4.78, 5) is 2.72. The summed E-state index contributed by atoms with van der Waals surface area (Å²) in [6, 6.07) is 0.830. The fourth-order valence-corrected chi connectivity index (χ4v) is 3.72. The summed E-state index contributed by atoms with van der Waals surface area (Å²) >= 11 is 0. The quantitative estimate of drug-likeness (QED) is 0.749. The van der Waals surface area contributed by atoms with Gasteiger partial charge in [0.2, 0.25) is 0 Å². The summed E-state index contributed by atoms with van der Waals surface area (Å²) in [6.07, 6.45) is 9.70. The summed E-state index contributed by atoms with van der Waals surface area (Å²) < 4.78 is 0. The second kappa shape index (κ2) is 5.71. The van der Waals surface area contributed by atoms with Crippen LogP contribution in [0, 0.1) is 11.3 Å². The van der Waals surface area contributed by atoms with Crippen molar-refractivity contribution in [3.05, 3.63) is 0 Å². The van der Waals surface area contributed by atoms with E-state index in [2.05, 4.69) is 18.7 Å². The fourth-order valence-electron chi connectivity index (χ4n) is 3.72. The molecule has 1 N–H and O–H groups in total. The molecule has 2 aliphatic rings. The number of aliphatic hydroxyl groups is 1. The van der Waals surface area contributed by atoms with E-state index in [1.165, 1.54) is 58.0 Å². The van der Waals surface area contributed by atoms with Gasteiger partial charge in [0.05, 0.1) is 0 Å². The molecule has 2 rings (SSSR count). The van der Waals surface area contributed by atoms with E-state index in [4.69, 9.17) is 0 Å². The first-order valence-electron chi connectivity index (χ1n) is 7.48. The number of likely N-dealkylation sites (tertiary alicyclic amines) is 1. The molecule has 0 aromatic rings. The molecule has 0 aromatic heterocycles. The predicted octanol–water partition coefficient (Wildman–Crippen LogP) is 3.05. The molecule has 0 radical (unpaired) electrons. The van der Waals surface area contributed by atoms with Crippen LogP contribution in [0.3, 0.4) is 0 Å². The Balaban J connectivity index is 1.94. The molecule has 17 heavy (non-hydrogen) atoms. The van der Waals surface area contributed by atoms with Crippen LogP contribution in [0.25, 0.3) is 0 Å². The molecule has 1 unspecified atom stereocenters. The monoisotopic (exact) mass is 239 g/mol. The van der Waals surface area contributed by atoms with Crippen LogP contribution in [0.4, 0.5) is 0 Å². The van der Waals surface area contributed by atoms with Crippen molar-refractivity contribution in [3.8, 4) is 0 Å². The van der Waals surface area contributed by atoms with E-state index in [9.17, 15) is 5.11 Å². The normalized spacial score (nSPS) is 32.3. The summed E-state index contributed by atoms with van der Waals surface area (Å²) in [5.74, 6) is 0.504. The highest BCUT2D eigenvalue weighted by Crippen LogP contribution is 2.37. The van der Waals surface area contributed by atoms with E-state index in [1.54, 1.807) is 0 Å². The van der Waals surface area contributed by atoms with Crippen LogP contribution in [0.15, 0.2) is 0 Å². The molecule has 2 fully saturated rings. The van der Waals surface area contributed by atoms with Crippen LogP contribution in [-0.2, 0) is 0 Å². The van der Waals surface area contributed by atoms with Gasteiger partial charge in [-0.25, -0.2) is 0 Å². The maximum absolute atomic E-state index is 9.45. The summed E-state index contributed by atoms with van der Waals surface area (Å²) in [5, 5.41) is 9.45. The van der Waals surface area contributed by atoms with Gasteiger partial charge in [0, 0.05) is 19.2 Å². The Bertz CT molecular complexity index is 231. The van der Waals surface area contributed by atoms with Crippen molar-refractivity contribution in [2.24, 2.45) is 11.3 Å². The van der Waals surface area contributed by atoms with Gasteiger partial charge in [-0.1, -0.05) is 39.5 Å². The van der Waals surface area contributed by atoms with Gasteiger partial charge in [-0.05, 0) is 37.1 Å².